The average Bonchev–Trinajstić information content (AvgIpc) is 2.48. The summed E-state index contributed by atoms with van der Waals surface area (Å²) in [6, 6.07) is 11.7. The van der Waals surface area contributed by atoms with Crippen LogP contribution in [0.3, 0.4) is 0 Å². The fourth-order valence-corrected chi connectivity index (χ4v) is 1.92. The largest absolute Gasteiger partial charge is 0.325 e. The van der Waals surface area contributed by atoms with Crippen molar-refractivity contribution >= 4 is 11.6 Å². The van der Waals surface area contributed by atoms with Crippen molar-refractivity contribution in [3.63, 3.8) is 0 Å². The van der Waals surface area contributed by atoms with Crippen LogP contribution in [0.2, 0.25) is 0 Å². The molecule has 1 aromatic carbocycles. The summed E-state index contributed by atoms with van der Waals surface area (Å²) in [4.78, 5) is 15.9. The molecule has 0 saturated carbocycles. The van der Waals surface area contributed by atoms with Gasteiger partial charge in [0.2, 0.25) is 5.91 Å². The third kappa shape index (κ3) is 3.90. The Hall–Kier alpha value is -2.20. The number of hydrogen-bond acceptors (Lipinski definition) is 3. The molecule has 0 saturated heterocycles. The second kappa shape index (κ2) is 6.82. The normalized spacial score (nSPS) is 11.9. The number of carbonyl (C=O) groups excluding carboxylic acids is 1. The van der Waals surface area contributed by atoms with E-state index in [1.165, 1.54) is 0 Å². The summed E-state index contributed by atoms with van der Waals surface area (Å²) in [6.07, 6.45) is 3.50. The molecular formula is C16H19N3O. The Kier molecular flexibility index (Phi) is 4.85. The van der Waals surface area contributed by atoms with Gasteiger partial charge in [-0.1, -0.05) is 18.2 Å². The molecular weight excluding hydrogens is 250 g/mol. The lowest BCUT2D eigenvalue weighted by atomic mass is 10.1. The highest BCUT2D eigenvalue weighted by atomic mass is 16.1. The molecule has 104 valence electrons. The molecule has 0 aliphatic heterocycles. The summed E-state index contributed by atoms with van der Waals surface area (Å²) in [5, 5.41) is 6.10. The molecule has 2 N–H and O–H groups in total. The zero-order valence-electron chi connectivity index (χ0n) is 11.8. The molecule has 0 unspecified atom stereocenters. The molecule has 1 atom stereocenters. The first kappa shape index (κ1) is 14.2. The Morgan fingerprint density at radius 3 is 2.60 bits per heavy atom. The zero-order valence-corrected chi connectivity index (χ0v) is 11.8. The Balaban J connectivity index is 1.85. The molecule has 2 rings (SSSR count). The number of para-hydroxylation sites is 1. The minimum absolute atomic E-state index is 0.0415. The van der Waals surface area contributed by atoms with Gasteiger partial charge in [-0.25, -0.2) is 0 Å². The number of anilines is 1. The molecule has 0 fully saturated rings. The van der Waals surface area contributed by atoms with E-state index in [-0.39, 0.29) is 18.5 Å². The van der Waals surface area contributed by atoms with Crippen LogP contribution in [0.5, 0.6) is 0 Å². The number of rotatable bonds is 5. The first-order valence-corrected chi connectivity index (χ1v) is 6.65. The van der Waals surface area contributed by atoms with E-state index >= 15 is 0 Å². The van der Waals surface area contributed by atoms with Crippen LogP contribution in [0.1, 0.15) is 24.1 Å². The maximum absolute atomic E-state index is 11.9. The maximum atomic E-state index is 11.9. The highest BCUT2D eigenvalue weighted by Crippen LogP contribution is 2.13. The van der Waals surface area contributed by atoms with E-state index < -0.39 is 0 Å². The van der Waals surface area contributed by atoms with Gasteiger partial charge >= 0.3 is 0 Å². The number of carbonyl (C=O) groups is 1. The van der Waals surface area contributed by atoms with Gasteiger partial charge < -0.3 is 10.6 Å². The molecule has 1 aromatic heterocycles. The minimum Gasteiger partial charge on any atom is -0.325 e. The third-order valence-corrected chi connectivity index (χ3v) is 3.19. The van der Waals surface area contributed by atoms with Crippen molar-refractivity contribution < 1.29 is 4.79 Å². The summed E-state index contributed by atoms with van der Waals surface area (Å²) < 4.78 is 0. The summed E-state index contributed by atoms with van der Waals surface area (Å²) in [6.45, 7) is 4.27. The predicted molar refractivity (Wildman–Crippen MR) is 80.5 cm³/mol. The minimum atomic E-state index is -0.0415. The van der Waals surface area contributed by atoms with Crippen LogP contribution in [-0.2, 0) is 4.79 Å². The van der Waals surface area contributed by atoms with E-state index in [2.05, 4.69) is 15.6 Å². The molecule has 0 spiro atoms. The van der Waals surface area contributed by atoms with Crippen molar-refractivity contribution in [2.24, 2.45) is 0 Å². The van der Waals surface area contributed by atoms with E-state index in [9.17, 15) is 4.79 Å². The number of nitrogens with zero attached hydrogens (tertiary/aromatic N) is 1. The van der Waals surface area contributed by atoms with Crippen molar-refractivity contribution in [1.82, 2.24) is 10.3 Å². The smallest absolute Gasteiger partial charge is 0.238 e. The van der Waals surface area contributed by atoms with Gasteiger partial charge in [0.15, 0.2) is 0 Å². The number of pyridine rings is 1. The zero-order chi connectivity index (χ0) is 14.4. The van der Waals surface area contributed by atoms with Gasteiger partial charge in [0.25, 0.3) is 0 Å². The number of amides is 1. The molecule has 0 aliphatic rings. The molecule has 0 radical (unpaired) electrons. The molecule has 4 nitrogen and oxygen atoms in total. The number of hydrogen-bond donors (Lipinski definition) is 2. The number of benzene rings is 1. The van der Waals surface area contributed by atoms with Gasteiger partial charge in [-0.15, -0.1) is 0 Å². The summed E-state index contributed by atoms with van der Waals surface area (Å²) in [5.41, 5.74) is 3.03. The SMILES string of the molecule is Cc1ccccc1NC(=O)CN[C@H](C)c1ccncc1. The van der Waals surface area contributed by atoms with Crippen LogP contribution in [0.4, 0.5) is 5.69 Å². The Labute approximate surface area is 119 Å². The first-order valence-electron chi connectivity index (χ1n) is 6.65. The van der Waals surface area contributed by atoms with Crippen LogP contribution >= 0.6 is 0 Å². The Bertz CT molecular complexity index is 569. The fraction of sp³-hybridized carbons (Fsp3) is 0.250. The summed E-state index contributed by atoms with van der Waals surface area (Å²) in [7, 11) is 0. The molecule has 0 bridgehead atoms. The van der Waals surface area contributed by atoms with Gasteiger partial charge in [-0.2, -0.15) is 0 Å². The highest BCUT2D eigenvalue weighted by molar-refractivity contribution is 5.92. The van der Waals surface area contributed by atoms with Crippen LogP contribution in [0, 0.1) is 6.92 Å². The second-order valence-electron chi connectivity index (χ2n) is 4.75. The van der Waals surface area contributed by atoms with Crippen molar-refractivity contribution in [2.75, 3.05) is 11.9 Å². The molecule has 0 aliphatic carbocycles. The van der Waals surface area contributed by atoms with Gasteiger partial charge in [0.05, 0.1) is 6.54 Å². The van der Waals surface area contributed by atoms with E-state index in [0.717, 1.165) is 16.8 Å². The van der Waals surface area contributed by atoms with E-state index in [4.69, 9.17) is 0 Å². The van der Waals surface area contributed by atoms with Crippen molar-refractivity contribution in [1.29, 1.82) is 0 Å². The van der Waals surface area contributed by atoms with Crippen LogP contribution in [0.15, 0.2) is 48.8 Å². The topological polar surface area (TPSA) is 54.0 Å². The molecule has 4 heteroatoms. The van der Waals surface area contributed by atoms with Crippen LogP contribution in [-0.4, -0.2) is 17.4 Å². The predicted octanol–water partition coefficient (Wildman–Crippen LogP) is 2.68. The van der Waals surface area contributed by atoms with Crippen LogP contribution in [0.25, 0.3) is 0 Å². The Morgan fingerprint density at radius 2 is 1.90 bits per heavy atom. The standard InChI is InChI=1S/C16H19N3O/c1-12-5-3-4-6-15(12)19-16(20)11-18-13(2)14-7-9-17-10-8-14/h3-10,13,18H,11H2,1-2H3,(H,19,20)/t13-/m1/s1. The molecule has 20 heavy (non-hydrogen) atoms. The van der Waals surface area contributed by atoms with E-state index in [0.29, 0.717) is 0 Å². The average molecular weight is 269 g/mol. The van der Waals surface area contributed by atoms with Crippen molar-refractivity contribution in [3.05, 3.63) is 59.9 Å². The van der Waals surface area contributed by atoms with Crippen molar-refractivity contribution in [3.8, 4) is 0 Å². The fourth-order valence-electron chi connectivity index (χ4n) is 1.92. The van der Waals surface area contributed by atoms with Gasteiger partial charge in [0.1, 0.15) is 0 Å². The summed E-state index contributed by atoms with van der Waals surface area (Å²) in [5.74, 6) is -0.0415. The number of aryl methyl sites for hydroxylation is 1. The lowest BCUT2D eigenvalue weighted by molar-refractivity contribution is -0.115. The summed E-state index contributed by atoms with van der Waals surface area (Å²) >= 11 is 0. The molecule has 2 aromatic rings. The van der Waals surface area contributed by atoms with E-state index in [1.54, 1.807) is 12.4 Å². The molecule has 1 heterocycles. The highest BCUT2D eigenvalue weighted by Gasteiger charge is 2.08. The Morgan fingerprint density at radius 1 is 1.20 bits per heavy atom. The first-order chi connectivity index (χ1) is 9.66. The number of aromatic nitrogens is 1. The number of nitrogens with one attached hydrogen (secondary N) is 2. The lowest BCUT2D eigenvalue weighted by Gasteiger charge is -2.14. The lowest BCUT2D eigenvalue weighted by Crippen LogP contribution is -2.30. The van der Waals surface area contributed by atoms with Gasteiger partial charge in [-0.05, 0) is 43.2 Å². The molecule has 1 amide bonds. The van der Waals surface area contributed by atoms with Gasteiger partial charge in [0, 0.05) is 24.1 Å². The monoisotopic (exact) mass is 269 g/mol. The van der Waals surface area contributed by atoms with Gasteiger partial charge in [-0.3, -0.25) is 9.78 Å². The van der Waals surface area contributed by atoms with Crippen LogP contribution < -0.4 is 10.6 Å². The van der Waals surface area contributed by atoms with Crippen molar-refractivity contribution in [2.45, 2.75) is 19.9 Å². The third-order valence-electron chi connectivity index (χ3n) is 3.19. The second-order valence-corrected chi connectivity index (χ2v) is 4.75. The maximum Gasteiger partial charge on any atom is 0.238 e. The quantitative estimate of drug-likeness (QED) is 0.877. The van der Waals surface area contributed by atoms with E-state index in [1.807, 2.05) is 50.2 Å².